The van der Waals surface area contributed by atoms with Crippen molar-refractivity contribution >= 4 is 23.0 Å². The molecule has 0 fully saturated rings. The first kappa shape index (κ1) is 11.3. The van der Waals surface area contributed by atoms with E-state index in [4.69, 9.17) is 5.11 Å². The quantitative estimate of drug-likeness (QED) is 0.755. The molecule has 0 atom stereocenters. The Morgan fingerprint density at radius 3 is 2.76 bits per heavy atom. The van der Waals surface area contributed by atoms with E-state index in [1.54, 1.807) is 0 Å². The standard InChI is InChI=1S/C11H12N4O2/c16-10(17)6-3-7-12-11-13-8-4-1-2-5-9(8)14-15-11/h1-2,4-5H,3,6-7H2,(H,16,17)(H,12,13,15). The molecule has 2 rings (SSSR count). The van der Waals surface area contributed by atoms with Crippen LogP contribution in [0.3, 0.4) is 0 Å². The van der Waals surface area contributed by atoms with Crippen molar-refractivity contribution in [1.82, 2.24) is 15.2 Å². The fraction of sp³-hybridized carbons (Fsp3) is 0.273. The minimum absolute atomic E-state index is 0.133. The van der Waals surface area contributed by atoms with Gasteiger partial charge in [0, 0.05) is 13.0 Å². The third kappa shape index (κ3) is 3.10. The van der Waals surface area contributed by atoms with E-state index in [1.165, 1.54) is 0 Å². The van der Waals surface area contributed by atoms with Crippen LogP contribution in [0, 0.1) is 0 Å². The molecule has 1 heterocycles. The number of nitrogens with zero attached hydrogens (tertiary/aromatic N) is 3. The Hall–Kier alpha value is -2.24. The molecule has 0 aliphatic carbocycles. The lowest BCUT2D eigenvalue weighted by atomic mass is 10.3. The average Bonchev–Trinajstić information content (AvgIpc) is 2.34. The lowest BCUT2D eigenvalue weighted by Crippen LogP contribution is -2.08. The molecule has 0 saturated carbocycles. The summed E-state index contributed by atoms with van der Waals surface area (Å²) in [6, 6.07) is 7.44. The largest absolute Gasteiger partial charge is 0.481 e. The maximum Gasteiger partial charge on any atom is 0.303 e. The van der Waals surface area contributed by atoms with Gasteiger partial charge < -0.3 is 10.4 Å². The van der Waals surface area contributed by atoms with Crippen LogP contribution in [0.15, 0.2) is 24.3 Å². The fourth-order valence-corrected chi connectivity index (χ4v) is 1.40. The number of carboxylic acids is 1. The maximum absolute atomic E-state index is 10.3. The molecule has 0 amide bonds. The molecular weight excluding hydrogens is 220 g/mol. The zero-order valence-corrected chi connectivity index (χ0v) is 9.13. The van der Waals surface area contributed by atoms with E-state index in [0.29, 0.717) is 18.9 Å². The number of nitrogens with one attached hydrogen (secondary N) is 1. The van der Waals surface area contributed by atoms with Gasteiger partial charge in [0.05, 0.1) is 5.52 Å². The predicted octanol–water partition coefficient (Wildman–Crippen LogP) is 1.30. The second-order valence-corrected chi connectivity index (χ2v) is 3.55. The SMILES string of the molecule is O=C(O)CCCNc1nnc2ccccc2n1. The molecule has 88 valence electrons. The Balaban J connectivity index is 1.97. The van der Waals surface area contributed by atoms with E-state index in [2.05, 4.69) is 20.5 Å². The highest BCUT2D eigenvalue weighted by atomic mass is 16.4. The maximum atomic E-state index is 10.3. The van der Waals surface area contributed by atoms with Crippen molar-refractivity contribution in [2.24, 2.45) is 0 Å². The summed E-state index contributed by atoms with van der Waals surface area (Å²) in [4.78, 5) is 14.6. The van der Waals surface area contributed by atoms with Crippen molar-refractivity contribution in [3.63, 3.8) is 0 Å². The van der Waals surface area contributed by atoms with E-state index in [1.807, 2.05) is 24.3 Å². The molecule has 6 nitrogen and oxygen atoms in total. The average molecular weight is 232 g/mol. The molecule has 0 unspecified atom stereocenters. The van der Waals surface area contributed by atoms with Crippen LogP contribution in [0.2, 0.25) is 0 Å². The van der Waals surface area contributed by atoms with Gasteiger partial charge in [-0.1, -0.05) is 12.1 Å². The lowest BCUT2D eigenvalue weighted by Gasteiger charge is -2.03. The fourth-order valence-electron chi connectivity index (χ4n) is 1.40. The summed E-state index contributed by atoms with van der Waals surface area (Å²) in [5.74, 6) is -0.376. The van der Waals surface area contributed by atoms with E-state index >= 15 is 0 Å². The number of para-hydroxylation sites is 1. The van der Waals surface area contributed by atoms with Crippen molar-refractivity contribution < 1.29 is 9.90 Å². The number of benzene rings is 1. The van der Waals surface area contributed by atoms with Crippen LogP contribution in [0.4, 0.5) is 5.95 Å². The zero-order chi connectivity index (χ0) is 12.1. The van der Waals surface area contributed by atoms with Gasteiger partial charge in [-0.2, -0.15) is 0 Å². The van der Waals surface area contributed by atoms with E-state index in [-0.39, 0.29) is 6.42 Å². The number of hydrogen-bond acceptors (Lipinski definition) is 5. The van der Waals surface area contributed by atoms with Gasteiger partial charge in [-0.15, -0.1) is 10.2 Å². The molecule has 0 saturated heterocycles. The molecular formula is C11H12N4O2. The molecule has 1 aromatic heterocycles. The van der Waals surface area contributed by atoms with Crippen LogP contribution in [-0.2, 0) is 4.79 Å². The van der Waals surface area contributed by atoms with Crippen molar-refractivity contribution in [2.75, 3.05) is 11.9 Å². The number of anilines is 1. The van der Waals surface area contributed by atoms with E-state index in [0.717, 1.165) is 11.0 Å². The van der Waals surface area contributed by atoms with Gasteiger partial charge in [0.2, 0.25) is 5.95 Å². The summed E-state index contributed by atoms with van der Waals surface area (Å²) >= 11 is 0. The zero-order valence-electron chi connectivity index (χ0n) is 9.13. The smallest absolute Gasteiger partial charge is 0.303 e. The highest BCUT2D eigenvalue weighted by Gasteiger charge is 2.01. The van der Waals surface area contributed by atoms with Crippen molar-refractivity contribution in [1.29, 1.82) is 0 Å². The van der Waals surface area contributed by atoms with Gasteiger partial charge in [-0.3, -0.25) is 4.79 Å². The first-order valence-corrected chi connectivity index (χ1v) is 5.31. The van der Waals surface area contributed by atoms with Crippen molar-refractivity contribution in [3.8, 4) is 0 Å². The van der Waals surface area contributed by atoms with Crippen molar-refractivity contribution in [2.45, 2.75) is 12.8 Å². The summed E-state index contributed by atoms with van der Waals surface area (Å²) < 4.78 is 0. The molecule has 0 aliphatic rings. The van der Waals surface area contributed by atoms with Crippen LogP contribution in [0.5, 0.6) is 0 Å². The second kappa shape index (κ2) is 5.20. The Morgan fingerprint density at radius 2 is 2.00 bits per heavy atom. The van der Waals surface area contributed by atoms with Crippen LogP contribution >= 0.6 is 0 Å². The van der Waals surface area contributed by atoms with Gasteiger partial charge in [0.25, 0.3) is 0 Å². The summed E-state index contributed by atoms with van der Waals surface area (Å²) in [6.07, 6.45) is 0.666. The molecule has 1 aromatic carbocycles. The number of aromatic nitrogens is 3. The Bertz CT molecular complexity index is 530. The van der Waals surface area contributed by atoms with Crippen molar-refractivity contribution in [3.05, 3.63) is 24.3 Å². The molecule has 0 spiro atoms. The molecule has 2 N–H and O–H groups in total. The molecule has 0 bridgehead atoms. The summed E-state index contributed by atoms with van der Waals surface area (Å²) in [7, 11) is 0. The van der Waals surface area contributed by atoms with E-state index < -0.39 is 5.97 Å². The van der Waals surface area contributed by atoms with E-state index in [9.17, 15) is 4.79 Å². The highest BCUT2D eigenvalue weighted by molar-refractivity contribution is 5.74. The molecule has 0 radical (unpaired) electrons. The van der Waals surface area contributed by atoms with Crippen LogP contribution < -0.4 is 5.32 Å². The Morgan fingerprint density at radius 1 is 1.24 bits per heavy atom. The monoisotopic (exact) mass is 232 g/mol. The van der Waals surface area contributed by atoms with Gasteiger partial charge >= 0.3 is 5.97 Å². The third-order valence-corrected chi connectivity index (χ3v) is 2.21. The summed E-state index contributed by atoms with van der Waals surface area (Å²) in [5, 5.41) is 19.3. The van der Waals surface area contributed by atoms with Gasteiger partial charge in [-0.05, 0) is 18.6 Å². The highest BCUT2D eigenvalue weighted by Crippen LogP contribution is 2.08. The van der Waals surface area contributed by atoms with Crippen LogP contribution in [0.1, 0.15) is 12.8 Å². The molecule has 17 heavy (non-hydrogen) atoms. The minimum atomic E-state index is -0.802. The molecule has 0 aliphatic heterocycles. The summed E-state index contributed by atoms with van der Waals surface area (Å²) in [6.45, 7) is 0.520. The minimum Gasteiger partial charge on any atom is -0.481 e. The number of carboxylic acid groups (broad SMARTS) is 1. The topological polar surface area (TPSA) is 88.0 Å². The number of aliphatic carboxylic acids is 1. The van der Waals surface area contributed by atoms with Crippen LogP contribution in [-0.4, -0.2) is 32.8 Å². The number of rotatable bonds is 5. The Labute approximate surface area is 97.7 Å². The number of fused-ring (bicyclic) bond motifs is 1. The summed E-state index contributed by atoms with van der Waals surface area (Å²) in [5.41, 5.74) is 1.51. The van der Waals surface area contributed by atoms with Crippen LogP contribution in [0.25, 0.3) is 11.0 Å². The molecule has 2 aromatic rings. The first-order chi connectivity index (χ1) is 8.25. The lowest BCUT2D eigenvalue weighted by molar-refractivity contribution is -0.137. The number of hydrogen-bond donors (Lipinski definition) is 2. The number of carbonyl (C=O) groups is 1. The van der Waals surface area contributed by atoms with Gasteiger partial charge in [0.15, 0.2) is 0 Å². The molecule has 6 heteroatoms. The first-order valence-electron chi connectivity index (χ1n) is 5.31. The third-order valence-electron chi connectivity index (χ3n) is 2.21. The Kier molecular flexibility index (Phi) is 3.44. The normalized spacial score (nSPS) is 10.4. The van der Waals surface area contributed by atoms with Gasteiger partial charge in [-0.25, -0.2) is 4.98 Å². The predicted molar refractivity (Wildman–Crippen MR) is 62.7 cm³/mol. The second-order valence-electron chi connectivity index (χ2n) is 3.55. The van der Waals surface area contributed by atoms with Gasteiger partial charge in [0.1, 0.15) is 5.52 Å².